The van der Waals surface area contributed by atoms with E-state index < -0.39 is 31.0 Å². The van der Waals surface area contributed by atoms with Crippen molar-refractivity contribution in [3.8, 4) is 0 Å². The fraction of sp³-hybridized carbons (Fsp3) is 0.294. The molecule has 2 aromatic rings. The molecule has 2 rings (SSSR count). The molecule has 0 aliphatic heterocycles. The lowest BCUT2D eigenvalue weighted by Gasteiger charge is -2.30. The summed E-state index contributed by atoms with van der Waals surface area (Å²) in [5.41, 5.74) is 0.735. The summed E-state index contributed by atoms with van der Waals surface area (Å²) in [6.45, 7) is -1.16. The standard InChI is InChI=1S/C17H16Cl2F3NO2/c18-12-6-4-10(5-7-12)15(23-14(9-24)17(20,21)22)16(25)11-2-1-3-13(19)8-11/h1-8,14-16,23-25H,9H2/t14-,15+,16-/m0/s1. The Morgan fingerprint density at radius 1 is 0.960 bits per heavy atom. The van der Waals surface area contributed by atoms with E-state index in [-0.39, 0.29) is 0 Å². The van der Waals surface area contributed by atoms with Crippen LogP contribution in [-0.2, 0) is 0 Å². The number of hydrogen-bond acceptors (Lipinski definition) is 3. The molecule has 8 heteroatoms. The minimum atomic E-state index is -4.67. The fourth-order valence-electron chi connectivity index (χ4n) is 2.39. The van der Waals surface area contributed by atoms with Crippen molar-refractivity contribution in [1.82, 2.24) is 5.32 Å². The average molecular weight is 394 g/mol. The van der Waals surface area contributed by atoms with Crippen molar-refractivity contribution in [2.75, 3.05) is 6.61 Å². The molecule has 3 nitrogen and oxygen atoms in total. The molecule has 0 radical (unpaired) electrons. The summed E-state index contributed by atoms with van der Waals surface area (Å²) in [6, 6.07) is 8.94. The Kier molecular flexibility index (Phi) is 6.71. The van der Waals surface area contributed by atoms with Crippen LogP contribution < -0.4 is 5.32 Å². The summed E-state index contributed by atoms with van der Waals surface area (Å²) in [6.07, 6.45) is -6.00. The van der Waals surface area contributed by atoms with Crippen LogP contribution in [0.5, 0.6) is 0 Å². The Balaban J connectivity index is 2.39. The molecule has 0 spiro atoms. The first-order valence-electron chi connectivity index (χ1n) is 7.35. The van der Waals surface area contributed by atoms with Gasteiger partial charge in [-0.3, -0.25) is 5.32 Å². The summed E-state index contributed by atoms with van der Waals surface area (Å²) >= 11 is 11.7. The molecule has 2 aromatic carbocycles. The van der Waals surface area contributed by atoms with Crippen molar-refractivity contribution < 1.29 is 23.4 Å². The summed E-state index contributed by atoms with van der Waals surface area (Å²) in [5, 5.41) is 22.8. The van der Waals surface area contributed by atoms with Gasteiger partial charge in [-0.15, -0.1) is 0 Å². The number of aliphatic hydroxyl groups excluding tert-OH is 2. The Labute approximate surface area is 153 Å². The third-order valence-corrected chi connectivity index (χ3v) is 4.18. The molecule has 136 valence electrons. The van der Waals surface area contributed by atoms with E-state index in [4.69, 9.17) is 28.3 Å². The van der Waals surface area contributed by atoms with Crippen LogP contribution in [0.25, 0.3) is 0 Å². The molecule has 0 saturated heterocycles. The second-order valence-corrected chi connectivity index (χ2v) is 6.35. The van der Waals surface area contributed by atoms with E-state index in [9.17, 15) is 18.3 Å². The van der Waals surface area contributed by atoms with Gasteiger partial charge in [0.2, 0.25) is 0 Å². The first-order valence-corrected chi connectivity index (χ1v) is 8.10. The highest BCUT2D eigenvalue weighted by Gasteiger charge is 2.41. The van der Waals surface area contributed by atoms with Gasteiger partial charge in [0.25, 0.3) is 0 Å². The summed E-state index contributed by atoms with van der Waals surface area (Å²) < 4.78 is 39.1. The van der Waals surface area contributed by atoms with Gasteiger partial charge in [-0.25, -0.2) is 0 Å². The average Bonchev–Trinajstić information content (AvgIpc) is 2.55. The van der Waals surface area contributed by atoms with Crippen molar-refractivity contribution in [2.45, 2.75) is 24.4 Å². The van der Waals surface area contributed by atoms with Gasteiger partial charge in [0.15, 0.2) is 0 Å². The predicted octanol–water partition coefficient (Wildman–Crippen LogP) is 4.28. The number of nitrogens with one attached hydrogen (secondary N) is 1. The normalized spacial score (nSPS) is 15.6. The van der Waals surface area contributed by atoms with Crippen LogP contribution in [0.4, 0.5) is 13.2 Å². The van der Waals surface area contributed by atoms with Crippen molar-refractivity contribution in [3.05, 3.63) is 69.7 Å². The Morgan fingerprint density at radius 3 is 2.12 bits per heavy atom. The van der Waals surface area contributed by atoms with Crippen molar-refractivity contribution in [3.63, 3.8) is 0 Å². The molecule has 25 heavy (non-hydrogen) atoms. The molecular formula is C17H16Cl2F3NO2. The monoisotopic (exact) mass is 393 g/mol. The van der Waals surface area contributed by atoms with E-state index in [1.54, 1.807) is 18.2 Å². The lowest BCUT2D eigenvalue weighted by Crippen LogP contribution is -2.47. The van der Waals surface area contributed by atoms with Crippen LogP contribution in [-0.4, -0.2) is 29.0 Å². The van der Waals surface area contributed by atoms with Gasteiger partial charge in [0.05, 0.1) is 18.8 Å². The molecule has 0 aromatic heterocycles. The highest BCUT2D eigenvalue weighted by atomic mass is 35.5. The van der Waals surface area contributed by atoms with Crippen LogP contribution in [0, 0.1) is 0 Å². The van der Waals surface area contributed by atoms with Crippen molar-refractivity contribution in [1.29, 1.82) is 0 Å². The number of halogens is 5. The maximum atomic E-state index is 13.0. The lowest BCUT2D eigenvalue weighted by molar-refractivity contribution is -0.167. The number of benzene rings is 2. The number of alkyl halides is 3. The molecule has 0 amide bonds. The van der Waals surface area contributed by atoms with Crippen LogP contribution >= 0.6 is 23.2 Å². The zero-order valence-corrected chi connectivity index (χ0v) is 14.4. The first kappa shape index (κ1) is 20.0. The van der Waals surface area contributed by atoms with E-state index in [0.29, 0.717) is 21.2 Å². The van der Waals surface area contributed by atoms with Gasteiger partial charge in [-0.1, -0.05) is 47.5 Å². The maximum Gasteiger partial charge on any atom is 0.406 e. The van der Waals surface area contributed by atoms with Gasteiger partial charge in [-0.2, -0.15) is 13.2 Å². The van der Waals surface area contributed by atoms with Gasteiger partial charge in [-0.05, 0) is 35.4 Å². The molecule has 0 aliphatic rings. The summed E-state index contributed by atoms with van der Waals surface area (Å²) in [4.78, 5) is 0. The molecule has 0 unspecified atom stereocenters. The third-order valence-electron chi connectivity index (χ3n) is 3.69. The number of rotatable bonds is 6. The summed E-state index contributed by atoms with van der Waals surface area (Å²) in [7, 11) is 0. The van der Waals surface area contributed by atoms with Gasteiger partial charge < -0.3 is 10.2 Å². The second kappa shape index (κ2) is 8.38. The molecule has 0 heterocycles. The zero-order valence-electron chi connectivity index (χ0n) is 12.8. The van der Waals surface area contributed by atoms with E-state index in [2.05, 4.69) is 5.32 Å². The van der Waals surface area contributed by atoms with Crippen LogP contribution in [0.2, 0.25) is 10.0 Å². The molecule has 3 atom stereocenters. The second-order valence-electron chi connectivity index (χ2n) is 5.47. The lowest BCUT2D eigenvalue weighted by atomic mass is 9.95. The highest BCUT2D eigenvalue weighted by Crippen LogP contribution is 2.33. The van der Waals surface area contributed by atoms with E-state index in [1.807, 2.05) is 0 Å². The summed E-state index contributed by atoms with van der Waals surface area (Å²) in [5.74, 6) is 0. The Hall–Kier alpha value is -1.31. The van der Waals surface area contributed by atoms with Gasteiger partial charge in [0.1, 0.15) is 6.04 Å². The van der Waals surface area contributed by atoms with Crippen molar-refractivity contribution in [2.24, 2.45) is 0 Å². The molecule has 0 aliphatic carbocycles. The number of hydrogen-bond donors (Lipinski definition) is 3. The largest absolute Gasteiger partial charge is 0.406 e. The minimum absolute atomic E-state index is 0.346. The van der Waals surface area contributed by atoms with E-state index >= 15 is 0 Å². The van der Waals surface area contributed by atoms with E-state index in [0.717, 1.165) is 0 Å². The van der Waals surface area contributed by atoms with Crippen LogP contribution in [0.3, 0.4) is 0 Å². The maximum absolute atomic E-state index is 13.0. The smallest absolute Gasteiger partial charge is 0.394 e. The van der Waals surface area contributed by atoms with Crippen LogP contribution in [0.15, 0.2) is 48.5 Å². The van der Waals surface area contributed by atoms with Crippen molar-refractivity contribution >= 4 is 23.2 Å². The molecule has 0 bridgehead atoms. The molecule has 0 saturated carbocycles. The van der Waals surface area contributed by atoms with Gasteiger partial charge >= 0.3 is 6.18 Å². The van der Waals surface area contributed by atoms with Crippen LogP contribution in [0.1, 0.15) is 23.3 Å². The van der Waals surface area contributed by atoms with Gasteiger partial charge in [0, 0.05) is 10.0 Å². The minimum Gasteiger partial charge on any atom is -0.394 e. The topological polar surface area (TPSA) is 52.5 Å². The highest BCUT2D eigenvalue weighted by molar-refractivity contribution is 6.30. The SMILES string of the molecule is OC[C@H](N[C@H](c1ccc(Cl)cc1)[C@@H](O)c1cccc(Cl)c1)C(F)(F)F. The molecular weight excluding hydrogens is 378 g/mol. The Bertz CT molecular complexity index is 695. The fourth-order valence-corrected chi connectivity index (χ4v) is 2.71. The van der Waals surface area contributed by atoms with E-state index in [1.165, 1.54) is 30.3 Å². The quantitative estimate of drug-likeness (QED) is 0.686. The third kappa shape index (κ3) is 5.33. The molecule has 0 fully saturated rings. The predicted molar refractivity (Wildman–Crippen MR) is 90.7 cm³/mol. The molecule has 3 N–H and O–H groups in total. The first-order chi connectivity index (χ1) is 11.7. The Morgan fingerprint density at radius 2 is 1.60 bits per heavy atom. The number of aliphatic hydroxyl groups is 2. The zero-order chi connectivity index (χ0) is 18.6.